The van der Waals surface area contributed by atoms with Crippen LogP contribution in [0.15, 0.2) is 24.5 Å². The fourth-order valence-electron chi connectivity index (χ4n) is 2.13. The van der Waals surface area contributed by atoms with Crippen LogP contribution in [0.5, 0.6) is 0 Å². The highest BCUT2D eigenvalue weighted by molar-refractivity contribution is 5.79. The fraction of sp³-hybridized carbons (Fsp3) is 0.500. The first-order valence-electron chi connectivity index (χ1n) is 5.83. The average molecular weight is 234 g/mol. The first-order valence-corrected chi connectivity index (χ1v) is 5.83. The van der Waals surface area contributed by atoms with E-state index < -0.39 is 0 Å². The minimum Gasteiger partial charge on any atom is -0.350 e. The Morgan fingerprint density at radius 1 is 1.53 bits per heavy atom. The molecule has 92 valence electrons. The minimum absolute atomic E-state index is 0.102. The number of hydrogen-bond donors (Lipinski definition) is 2. The van der Waals surface area contributed by atoms with E-state index in [1.54, 1.807) is 12.4 Å². The molecule has 1 aromatic heterocycles. The van der Waals surface area contributed by atoms with Gasteiger partial charge in [-0.25, -0.2) is 0 Å². The Balaban J connectivity index is 1.94. The molecule has 1 amide bonds. The number of pyridine rings is 1. The number of nitrogens with one attached hydrogen (secondary N) is 2. The summed E-state index contributed by atoms with van der Waals surface area (Å²) in [7, 11) is 1.90. The molecule has 1 aromatic rings. The van der Waals surface area contributed by atoms with Crippen molar-refractivity contribution in [3.8, 4) is 0 Å². The second-order valence-electron chi connectivity index (χ2n) is 4.35. The smallest absolute Gasteiger partial charge is 0.234 e. The van der Waals surface area contributed by atoms with Crippen LogP contribution in [0.25, 0.3) is 0 Å². The molecular formula is C12H18N4O. The number of hydrogen-bond acceptors (Lipinski definition) is 4. The molecule has 1 fully saturated rings. The van der Waals surface area contributed by atoms with Crippen molar-refractivity contribution in [2.45, 2.75) is 12.6 Å². The quantitative estimate of drug-likeness (QED) is 0.744. The van der Waals surface area contributed by atoms with Gasteiger partial charge in [-0.15, -0.1) is 0 Å². The van der Waals surface area contributed by atoms with Crippen molar-refractivity contribution < 1.29 is 4.79 Å². The van der Waals surface area contributed by atoms with Crippen molar-refractivity contribution in [2.24, 2.45) is 0 Å². The van der Waals surface area contributed by atoms with Gasteiger partial charge in [-0.2, -0.15) is 0 Å². The molecule has 1 saturated heterocycles. The normalized spacial score (nSPS) is 21.2. The number of likely N-dealkylation sites (N-methyl/N-ethyl adjacent to an activating group) is 1. The molecule has 5 heteroatoms. The molecule has 17 heavy (non-hydrogen) atoms. The summed E-state index contributed by atoms with van der Waals surface area (Å²) in [6.45, 7) is 2.96. The molecule has 5 nitrogen and oxygen atoms in total. The molecule has 0 radical (unpaired) electrons. The van der Waals surface area contributed by atoms with Crippen LogP contribution in [0.1, 0.15) is 5.56 Å². The van der Waals surface area contributed by atoms with Crippen LogP contribution in [-0.4, -0.2) is 48.5 Å². The Bertz CT molecular complexity index is 368. The highest BCUT2D eigenvalue weighted by Crippen LogP contribution is 2.06. The summed E-state index contributed by atoms with van der Waals surface area (Å²) >= 11 is 0. The standard InChI is InChI=1S/C12H18N4O/c1-13-6-11-8-16(9-12(17)15-11)7-10-2-4-14-5-3-10/h2-5,11,13H,6-9H2,1H3,(H,15,17). The largest absolute Gasteiger partial charge is 0.350 e. The van der Waals surface area contributed by atoms with Crippen LogP contribution in [0.4, 0.5) is 0 Å². The summed E-state index contributed by atoms with van der Waals surface area (Å²) < 4.78 is 0. The van der Waals surface area contributed by atoms with Gasteiger partial charge in [0.05, 0.1) is 12.6 Å². The Labute approximate surface area is 101 Å². The molecule has 1 aliphatic heterocycles. The van der Waals surface area contributed by atoms with Crippen molar-refractivity contribution >= 4 is 5.91 Å². The molecule has 0 aromatic carbocycles. The number of rotatable bonds is 4. The third-order valence-corrected chi connectivity index (χ3v) is 2.82. The summed E-state index contributed by atoms with van der Waals surface area (Å²) in [6.07, 6.45) is 3.56. The number of nitrogens with zero attached hydrogens (tertiary/aromatic N) is 2. The topological polar surface area (TPSA) is 57.3 Å². The van der Waals surface area contributed by atoms with E-state index in [9.17, 15) is 4.79 Å². The second kappa shape index (κ2) is 5.75. The Morgan fingerprint density at radius 3 is 3.00 bits per heavy atom. The lowest BCUT2D eigenvalue weighted by Gasteiger charge is -2.32. The molecule has 0 saturated carbocycles. The zero-order valence-electron chi connectivity index (χ0n) is 10.0. The van der Waals surface area contributed by atoms with Gasteiger partial charge < -0.3 is 10.6 Å². The first kappa shape index (κ1) is 12.0. The van der Waals surface area contributed by atoms with E-state index >= 15 is 0 Å². The van der Waals surface area contributed by atoms with E-state index in [1.807, 2.05) is 19.2 Å². The van der Waals surface area contributed by atoms with Gasteiger partial charge in [-0.1, -0.05) is 0 Å². The maximum atomic E-state index is 11.6. The Hall–Kier alpha value is -1.46. The fourth-order valence-corrected chi connectivity index (χ4v) is 2.13. The van der Waals surface area contributed by atoms with Gasteiger partial charge in [0, 0.05) is 32.0 Å². The first-order chi connectivity index (χ1) is 8.28. The van der Waals surface area contributed by atoms with Crippen molar-refractivity contribution in [3.05, 3.63) is 30.1 Å². The summed E-state index contributed by atoms with van der Waals surface area (Å²) in [6, 6.07) is 4.17. The lowest BCUT2D eigenvalue weighted by Crippen LogP contribution is -2.56. The molecule has 1 unspecified atom stereocenters. The number of carbonyl (C=O) groups excluding carboxylic acids is 1. The maximum absolute atomic E-state index is 11.6. The second-order valence-corrected chi connectivity index (χ2v) is 4.35. The predicted octanol–water partition coefficient (Wildman–Crippen LogP) is -0.399. The summed E-state index contributed by atoms with van der Waals surface area (Å²) in [5, 5.41) is 6.07. The third-order valence-electron chi connectivity index (χ3n) is 2.82. The van der Waals surface area contributed by atoms with Gasteiger partial charge in [0.1, 0.15) is 0 Å². The van der Waals surface area contributed by atoms with Crippen molar-refractivity contribution in [3.63, 3.8) is 0 Å². The van der Waals surface area contributed by atoms with Crippen LogP contribution in [0.2, 0.25) is 0 Å². The number of piperazine rings is 1. The monoisotopic (exact) mass is 234 g/mol. The van der Waals surface area contributed by atoms with Crippen LogP contribution in [0, 0.1) is 0 Å². The van der Waals surface area contributed by atoms with Crippen molar-refractivity contribution in [1.82, 2.24) is 20.5 Å². The number of amides is 1. The summed E-state index contributed by atoms with van der Waals surface area (Å²) in [5.74, 6) is 0.102. The van der Waals surface area contributed by atoms with E-state index in [-0.39, 0.29) is 11.9 Å². The molecule has 2 rings (SSSR count). The molecule has 1 atom stereocenters. The van der Waals surface area contributed by atoms with Gasteiger partial charge in [0.15, 0.2) is 0 Å². The van der Waals surface area contributed by atoms with Gasteiger partial charge >= 0.3 is 0 Å². The molecular weight excluding hydrogens is 216 g/mol. The Kier molecular flexibility index (Phi) is 4.06. The van der Waals surface area contributed by atoms with Gasteiger partial charge in [-0.3, -0.25) is 14.7 Å². The Morgan fingerprint density at radius 2 is 2.29 bits per heavy atom. The van der Waals surface area contributed by atoms with Crippen LogP contribution in [0.3, 0.4) is 0 Å². The summed E-state index contributed by atoms with van der Waals surface area (Å²) in [5.41, 5.74) is 1.19. The van der Waals surface area contributed by atoms with Gasteiger partial charge in [0.2, 0.25) is 5.91 Å². The molecule has 0 aliphatic carbocycles. The highest BCUT2D eigenvalue weighted by Gasteiger charge is 2.23. The SMILES string of the molecule is CNCC1CN(Cc2ccncc2)CC(=O)N1. The van der Waals surface area contributed by atoms with E-state index in [1.165, 1.54) is 5.56 Å². The molecule has 1 aliphatic rings. The maximum Gasteiger partial charge on any atom is 0.234 e. The lowest BCUT2D eigenvalue weighted by molar-refractivity contribution is -0.125. The van der Waals surface area contributed by atoms with E-state index in [4.69, 9.17) is 0 Å². The molecule has 0 spiro atoms. The predicted molar refractivity (Wildman–Crippen MR) is 65.4 cm³/mol. The van der Waals surface area contributed by atoms with Crippen LogP contribution < -0.4 is 10.6 Å². The van der Waals surface area contributed by atoms with Crippen LogP contribution in [-0.2, 0) is 11.3 Å². The number of carbonyl (C=O) groups is 1. The highest BCUT2D eigenvalue weighted by atomic mass is 16.2. The number of aromatic nitrogens is 1. The average Bonchev–Trinajstić information content (AvgIpc) is 2.30. The van der Waals surface area contributed by atoms with Crippen molar-refractivity contribution in [2.75, 3.05) is 26.7 Å². The zero-order valence-corrected chi connectivity index (χ0v) is 10.0. The van der Waals surface area contributed by atoms with Crippen molar-refractivity contribution in [1.29, 1.82) is 0 Å². The molecule has 2 heterocycles. The molecule has 0 bridgehead atoms. The third kappa shape index (κ3) is 3.51. The zero-order chi connectivity index (χ0) is 12.1. The lowest BCUT2D eigenvalue weighted by atomic mass is 10.1. The van der Waals surface area contributed by atoms with E-state index in [0.29, 0.717) is 6.54 Å². The summed E-state index contributed by atoms with van der Waals surface area (Å²) in [4.78, 5) is 17.7. The van der Waals surface area contributed by atoms with Crippen LogP contribution >= 0.6 is 0 Å². The minimum atomic E-state index is 0.102. The van der Waals surface area contributed by atoms with Gasteiger partial charge in [0.25, 0.3) is 0 Å². The van der Waals surface area contributed by atoms with E-state index in [2.05, 4.69) is 20.5 Å². The molecule has 2 N–H and O–H groups in total. The van der Waals surface area contributed by atoms with E-state index in [0.717, 1.165) is 19.6 Å². The van der Waals surface area contributed by atoms with Gasteiger partial charge in [-0.05, 0) is 24.7 Å².